The predicted molar refractivity (Wildman–Crippen MR) is 139 cm³/mol. The SMILES string of the molecule is Cl.Cl.NC(=NOCC(O)CN1CCCCC1)c1cccnc1.OC(CCl)CN1CCCCC1. The van der Waals surface area contributed by atoms with Crippen LogP contribution in [0.4, 0.5) is 0 Å². The third-order valence-electron chi connectivity index (χ3n) is 5.40. The van der Waals surface area contributed by atoms with Crippen LogP contribution in [0, 0.1) is 0 Å². The number of halogens is 3. The molecule has 0 aromatic carbocycles. The Balaban J connectivity index is 0.000000677. The zero-order chi connectivity index (χ0) is 22.3. The van der Waals surface area contributed by atoms with Crippen molar-refractivity contribution in [3.05, 3.63) is 30.1 Å². The lowest BCUT2D eigenvalue weighted by Gasteiger charge is -2.27. The van der Waals surface area contributed by atoms with Crippen molar-refractivity contribution in [2.24, 2.45) is 10.9 Å². The molecule has 2 aliphatic heterocycles. The first-order valence-corrected chi connectivity index (χ1v) is 11.8. The lowest BCUT2D eigenvalue weighted by Crippen LogP contribution is -2.38. The van der Waals surface area contributed by atoms with Crippen molar-refractivity contribution in [3.8, 4) is 0 Å². The van der Waals surface area contributed by atoms with E-state index in [1.54, 1.807) is 24.5 Å². The van der Waals surface area contributed by atoms with E-state index < -0.39 is 6.10 Å². The summed E-state index contributed by atoms with van der Waals surface area (Å²) in [5, 5.41) is 22.9. The number of piperidine rings is 2. The van der Waals surface area contributed by atoms with Crippen LogP contribution in [0.5, 0.6) is 0 Å². The molecule has 0 radical (unpaired) electrons. The highest BCUT2D eigenvalue weighted by molar-refractivity contribution is 6.18. The molecule has 2 aliphatic rings. The summed E-state index contributed by atoms with van der Waals surface area (Å²) >= 11 is 5.49. The summed E-state index contributed by atoms with van der Waals surface area (Å²) in [6.45, 7) is 5.90. The van der Waals surface area contributed by atoms with E-state index in [4.69, 9.17) is 22.2 Å². The highest BCUT2D eigenvalue weighted by Crippen LogP contribution is 2.10. The van der Waals surface area contributed by atoms with Crippen LogP contribution in [0.3, 0.4) is 0 Å². The molecular formula is C22H40Cl3N5O3. The maximum Gasteiger partial charge on any atom is 0.171 e. The van der Waals surface area contributed by atoms with E-state index in [1.165, 1.54) is 38.5 Å². The van der Waals surface area contributed by atoms with Crippen molar-refractivity contribution in [1.82, 2.24) is 14.8 Å². The van der Waals surface area contributed by atoms with E-state index in [9.17, 15) is 10.2 Å². The number of rotatable bonds is 9. The standard InChI is InChI=1S/C14H22N4O2.C8H16ClNO.2ClH/c15-14(12-5-4-6-16-9-12)17-20-11-13(19)10-18-7-2-1-3-8-18;9-6-8(11)7-10-4-2-1-3-5-10;;/h4-6,9,13,19H,1-3,7-8,10-11H2,(H2,15,17);8,11H,1-7H2;2*1H. The largest absolute Gasteiger partial charge is 0.391 e. The molecule has 2 fully saturated rings. The topological polar surface area (TPSA) is 107 Å². The average Bonchev–Trinajstić information content (AvgIpc) is 2.81. The van der Waals surface area contributed by atoms with Crippen molar-refractivity contribution in [2.75, 3.05) is 51.8 Å². The second kappa shape index (κ2) is 19.4. The van der Waals surface area contributed by atoms with Gasteiger partial charge in [0.1, 0.15) is 12.7 Å². The minimum Gasteiger partial charge on any atom is -0.391 e. The average molecular weight is 529 g/mol. The fraction of sp³-hybridized carbons (Fsp3) is 0.727. The lowest BCUT2D eigenvalue weighted by molar-refractivity contribution is 0.0157. The normalized spacial score (nSPS) is 19.2. The highest BCUT2D eigenvalue weighted by Gasteiger charge is 2.15. The molecule has 11 heteroatoms. The van der Waals surface area contributed by atoms with E-state index in [1.807, 2.05) is 0 Å². The molecular weight excluding hydrogens is 489 g/mol. The van der Waals surface area contributed by atoms with Crippen molar-refractivity contribution >= 4 is 42.3 Å². The minimum atomic E-state index is -0.543. The number of alkyl halides is 1. The molecule has 2 saturated heterocycles. The number of nitrogens with two attached hydrogens (primary N) is 1. The smallest absolute Gasteiger partial charge is 0.171 e. The van der Waals surface area contributed by atoms with Gasteiger partial charge < -0.3 is 30.6 Å². The molecule has 3 heterocycles. The van der Waals surface area contributed by atoms with E-state index in [2.05, 4.69) is 19.9 Å². The number of pyridine rings is 1. The maximum absolute atomic E-state index is 9.90. The molecule has 3 rings (SSSR count). The monoisotopic (exact) mass is 527 g/mol. The van der Waals surface area contributed by atoms with Gasteiger partial charge in [0, 0.05) is 36.9 Å². The molecule has 2 unspecified atom stereocenters. The van der Waals surface area contributed by atoms with Gasteiger partial charge in [-0.05, 0) is 64.0 Å². The van der Waals surface area contributed by atoms with Gasteiger partial charge in [0.05, 0.1) is 6.10 Å². The molecule has 0 aliphatic carbocycles. The van der Waals surface area contributed by atoms with Crippen molar-refractivity contribution < 1.29 is 15.1 Å². The summed E-state index contributed by atoms with van der Waals surface area (Å²) in [5.74, 6) is 0.625. The number of aliphatic hydroxyl groups excluding tert-OH is 2. The Morgan fingerprint density at radius 3 is 2.03 bits per heavy atom. The van der Waals surface area contributed by atoms with Gasteiger partial charge in [-0.3, -0.25) is 4.98 Å². The number of β-amino-alcohol motifs (C(OH)–C–C–N with tert-alkyl or cyclic N) is 2. The number of aliphatic hydroxyl groups is 2. The van der Waals surface area contributed by atoms with Crippen LogP contribution in [-0.2, 0) is 4.84 Å². The molecule has 0 saturated carbocycles. The van der Waals surface area contributed by atoms with Crippen LogP contribution in [0.25, 0.3) is 0 Å². The lowest BCUT2D eigenvalue weighted by atomic mass is 10.1. The molecule has 4 N–H and O–H groups in total. The summed E-state index contributed by atoms with van der Waals surface area (Å²) in [7, 11) is 0. The molecule has 8 nitrogen and oxygen atoms in total. The number of hydrogen-bond acceptors (Lipinski definition) is 7. The van der Waals surface area contributed by atoms with Crippen LogP contribution in [0.15, 0.2) is 29.7 Å². The number of nitrogens with zero attached hydrogens (tertiary/aromatic N) is 4. The van der Waals surface area contributed by atoms with E-state index in [0.29, 0.717) is 18.0 Å². The summed E-state index contributed by atoms with van der Waals surface area (Å²) in [6.07, 6.45) is 9.99. The van der Waals surface area contributed by atoms with Gasteiger partial charge in [0.2, 0.25) is 0 Å². The van der Waals surface area contributed by atoms with Gasteiger partial charge in [-0.25, -0.2) is 0 Å². The molecule has 0 amide bonds. The Morgan fingerprint density at radius 1 is 1.00 bits per heavy atom. The van der Waals surface area contributed by atoms with E-state index >= 15 is 0 Å². The summed E-state index contributed by atoms with van der Waals surface area (Å²) in [5.41, 5.74) is 6.46. The van der Waals surface area contributed by atoms with Crippen LogP contribution in [0.2, 0.25) is 0 Å². The quantitative estimate of drug-likeness (QED) is 0.196. The number of oxime groups is 1. The molecule has 33 heavy (non-hydrogen) atoms. The first-order chi connectivity index (χ1) is 15.1. The third-order valence-corrected chi connectivity index (χ3v) is 5.76. The van der Waals surface area contributed by atoms with Crippen molar-refractivity contribution in [3.63, 3.8) is 0 Å². The molecule has 0 bridgehead atoms. The van der Waals surface area contributed by atoms with Crippen LogP contribution < -0.4 is 5.73 Å². The number of aromatic nitrogens is 1. The Kier molecular flexibility index (Phi) is 18.9. The summed E-state index contributed by atoms with van der Waals surface area (Å²) in [6, 6.07) is 3.59. The van der Waals surface area contributed by atoms with Crippen LogP contribution in [-0.4, -0.2) is 94.8 Å². The van der Waals surface area contributed by atoms with Gasteiger partial charge >= 0.3 is 0 Å². The molecule has 192 valence electrons. The Bertz CT molecular complexity index is 619. The van der Waals surface area contributed by atoms with Crippen LogP contribution in [0.1, 0.15) is 44.1 Å². The molecule has 1 aromatic rings. The van der Waals surface area contributed by atoms with Crippen LogP contribution >= 0.6 is 36.4 Å². The minimum absolute atomic E-state index is 0. The fourth-order valence-corrected chi connectivity index (χ4v) is 3.84. The molecule has 0 spiro atoms. The number of likely N-dealkylation sites (tertiary alicyclic amines) is 2. The summed E-state index contributed by atoms with van der Waals surface area (Å²) < 4.78 is 0. The van der Waals surface area contributed by atoms with Gasteiger partial charge in [-0.1, -0.05) is 18.0 Å². The second-order valence-corrected chi connectivity index (χ2v) is 8.51. The first kappa shape index (κ1) is 32.1. The molecule has 1 aromatic heterocycles. The van der Waals surface area contributed by atoms with Crippen molar-refractivity contribution in [1.29, 1.82) is 0 Å². The van der Waals surface area contributed by atoms with E-state index in [0.717, 1.165) is 32.7 Å². The predicted octanol–water partition coefficient (Wildman–Crippen LogP) is 2.48. The van der Waals surface area contributed by atoms with Gasteiger partial charge in [0.15, 0.2) is 5.84 Å². The van der Waals surface area contributed by atoms with Gasteiger partial charge in [-0.15, -0.1) is 36.4 Å². The maximum atomic E-state index is 9.90. The number of hydrogen-bond donors (Lipinski definition) is 3. The zero-order valence-corrected chi connectivity index (χ0v) is 21.6. The highest BCUT2D eigenvalue weighted by atomic mass is 35.5. The Hall–Kier alpha value is -0.870. The van der Waals surface area contributed by atoms with Gasteiger partial charge in [-0.2, -0.15) is 0 Å². The second-order valence-electron chi connectivity index (χ2n) is 8.20. The van der Waals surface area contributed by atoms with E-state index in [-0.39, 0.29) is 43.4 Å². The Morgan fingerprint density at radius 2 is 1.55 bits per heavy atom. The third kappa shape index (κ3) is 14.2. The number of amidine groups is 1. The zero-order valence-electron chi connectivity index (χ0n) is 19.2. The van der Waals surface area contributed by atoms with Crippen molar-refractivity contribution in [2.45, 2.75) is 50.7 Å². The molecule has 2 atom stereocenters. The Labute approximate surface area is 215 Å². The summed E-state index contributed by atoms with van der Waals surface area (Å²) in [4.78, 5) is 13.6. The fourth-order valence-electron chi connectivity index (χ4n) is 3.74. The first-order valence-electron chi connectivity index (χ1n) is 11.3. The van der Waals surface area contributed by atoms with Gasteiger partial charge in [0.25, 0.3) is 0 Å².